The van der Waals surface area contributed by atoms with E-state index < -0.39 is 0 Å². The molecule has 0 spiro atoms. The van der Waals surface area contributed by atoms with Crippen LogP contribution < -0.4 is 10.1 Å². The summed E-state index contributed by atoms with van der Waals surface area (Å²) in [6.07, 6.45) is 0. The molecule has 0 radical (unpaired) electrons. The third-order valence-corrected chi connectivity index (χ3v) is 3.57. The lowest BCUT2D eigenvalue weighted by Crippen LogP contribution is -2.21. The first-order valence-electron chi connectivity index (χ1n) is 5.65. The van der Waals surface area contributed by atoms with E-state index in [0.717, 1.165) is 27.5 Å². The summed E-state index contributed by atoms with van der Waals surface area (Å²) in [5.41, 5.74) is 2.96. The monoisotopic (exact) mass is 257 g/mol. The molecule has 0 heterocycles. The van der Waals surface area contributed by atoms with Crippen molar-refractivity contribution in [3.63, 3.8) is 0 Å². The molecule has 0 aromatic heterocycles. The molecule has 1 rings (SSSR count). The van der Waals surface area contributed by atoms with Crippen molar-refractivity contribution in [2.45, 2.75) is 19.8 Å². The SMILES string of the molecule is CNCC(CO)c1c(OC)cc(C)c(Cl)c1C. The fourth-order valence-electron chi connectivity index (χ4n) is 2.12. The third-order valence-electron chi connectivity index (χ3n) is 2.99. The van der Waals surface area contributed by atoms with E-state index in [9.17, 15) is 5.11 Å². The van der Waals surface area contributed by atoms with Gasteiger partial charge in [0.05, 0.1) is 13.7 Å². The lowest BCUT2D eigenvalue weighted by atomic mass is 9.92. The molecule has 1 aromatic rings. The molecular formula is C13H20ClNO2. The summed E-state index contributed by atoms with van der Waals surface area (Å²) in [5.74, 6) is 0.784. The Bertz CT molecular complexity index is 393. The van der Waals surface area contributed by atoms with Crippen molar-refractivity contribution < 1.29 is 9.84 Å². The van der Waals surface area contributed by atoms with Crippen molar-refractivity contribution in [3.05, 3.63) is 27.8 Å². The van der Waals surface area contributed by atoms with E-state index in [0.29, 0.717) is 6.54 Å². The fraction of sp³-hybridized carbons (Fsp3) is 0.538. The first-order valence-corrected chi connectivity index (χ1v) is 6.03. The maximum absolute atomic E-state index is 9.48. The number of likely N-dealkylation sites (N-methyl/N-ethyl adjacent to an activating group) is 1. The van der Waals surface area contributed by atoms with E-state index in [4.69, 9.17) is 16.3 Å². The average molecular weight is 258 g/mol. The van der Waals surface area contributed by atoms with Crippen LogP contribution in [0.15, 0.2) is 6.07 Å². The Morgan fingerprint density at radius 2 is 2.12 bits per heavy atom. The zero-order chi connectivity index (χ0) is 13.0. The summed E-state index contributed by atoms with van der Waals surface area (Å²) >= 11 is 6.26. The Labute approximate surface area is 108 Å². The van der Waals surface area contributed by atoms with E-state index in [2.05, 4.69) is 5.32 Å². The van der Waals surface area contributed by atoms with Gasteiger partial charge in [-0.3, -0.25) is 0 Å². The minimum Gasteiger partial charge on any atom is -0.496 e. The number of aryl methyl sites for hydroxylation is 1. The number of methoxy groups -OCH3 is 1. The smallest absolute Gasteiger partial charge is 0.123 e. The highest BCUT2D eigenvalue weighted by atomic mass is 35.5. The highest BCUT2D eigenvalue weighted by molar-refractivity contribution is 6.32. The largest absolute Gasteiger partial charge is 0.496 e. The van der Waals surface area contributed by atoms with Gasteiger partial charge in [0.25, 0.3) is 0 Å². The van der Waals surface area contributed by atoms with Crippen LogP contribution in [0.4, 0.5) is 0 Å². The molecule has 1 aromatic carbocycles. The van der Waals surface area contributed by atoms with Gasteiger partial charge < -0.3 is 15.2 Å². The number of halogens is 1. The van der Waals surface area contributed by atoms with Gasteiger partial charge in [0.15, 0.2) is 0 Å². The van der Waals surface area contributed by atoms with Crippen molar-refractivity contribution in [2.75, 3.05) is 27.3 Å². The molecule has 17 heavy (non-hydrogen) atoms. The second-order valence-electron chi connectivity index (χ2n) is 4.19. The highest BCUT2D eigenvalue weighted by Gasteiger charge is 2.20. The minimum atomic E-state index is -0.00644. The van der Waals surface area contributed by atoms with Crippen molar-refractivity contribution in [1.29, 1.82) is 0 Å². The van der Waals surface area contributed by atoms with Gasteiger partial charge in [0.2, 0.25) is 0 Å². The molecule has 1 atom stereocenters. The van der Waals surface area contributed by atoms with Crippen molar-refractivity contribution in [2.24, 2.45) is 0 Å². The minimum absolute atomic E-state index is 0.00644. The predicted molar refractivity (Wildman–Crippen MR) is 71.2 cm³/mol. The second kappa shape index (κ2) is 6.24. The number of nitrogens with one attached hydrogen (secondary N) is 1. The molecule has 2 N–H and O–H groups in total. The quantitative estimate of drug-likeness (QED) is 0.850. The lowest BCUT2D eigenvalue weighted by molar-refractivity contribution is 0.259. The lowest BCUT2D eigenvalue weighted by Gasteiger charge is -2.21. The van der Waals surface area contributed by atoms with E-state index in [1.54, 1.807) is 7.11 Å². The first kappa shape index (κ1) is 14.3. The molecule has 0 aliphatic carbocycles. The molecule has 3 nitrogen and oxygen atoms in total. The van der Waals surface area contributed by atoms with E-state index in [1.807, 2.05) is 27.0 Å². The van der Waals surface area contributed by atoms with E-state index in [-0.39, 0.29) is 12.5 Å². The summed E-state index contributed by atoms with van der Waals surface area (Å²) in [6.45, 7) is 4.67. The Morgan fingerprint density at radius 1 is 1.47 bits per heavy atom. The topological polar surface area (TPSA) is 41.5 Å². The van der Waals surface area contributed by atoms with Crippen LogP contribution in [-0.2, 0) is 0 Å². The number of hydrogen-bond acceptors (Lipinski definition) is 3. The maximum Gasteiger partial charge on any atom is 0.123 e. The molecule has 0 fully saturated rings. The molecule has 96 valence electrons. The number of aliphatic hydroxyl groups is 1. The van der Waals surface area contributed by atoms with Gasteiger partial charge >= 0.3 is 0 Å². The van der Waals surface area contributed by atoms with Crippen LogP contribution in [0.1, 0.15) is 22.6 Å². The third kappa shape index (κ3) is 2.92. The Balaban J connectivity index is 3.33. The summed E-state index contributed by atoms with van der Waals surface area (Å²) in [7, 11) is 3.50. The Kier molecular flexibility index (Phi) is 5.25. The summed E-state index contributed by atoms with van der Waals surface area (Å²) in [4.78, 5) is 0. The first-order chi connectivity index (χ1) is 8.06. The van der Waals surface area contributed by atoms with Crippen molar-refractivity contribution in [3.8, 4) is 5.75 Å². The standard InChI is InChI=1S/C13H20ClNO2/c1-8-5-11(17-4)12(9(2)13(8)14)10(7-16)6-15-3/h5,10,15-16H,6-7H2,1-4H3. The molecule has 0 amide bonds. The number of aliphatic hydroxyl groups excluding tert-OH is 1. The Hall–Kier alpha value is -0.770. The van der Waals surface area contributed by atoms with Crippen LogP contribution in [0.2, 0.25) is 5.02 Å². The van der Waals surface area contributed by atoms with Crippen LogP contribution in [-0.4, -0.2) is 32.4 Å². The van der Waals surface area contributed by atoms with Gasteiger partial charge in [-0.2, -0.15) is 0 Å². The van der Waals surface area contributed by atoms with Gasteiger partial charge in [0.1, 0.15) is 5.75 Å². The maximum atomic E-state index is 9.48. The van der Waals surface area contributed by atoms with Gasteiger partial charge in [-0.05, 0) is 38.1 Å². The molecule has 0 bridgehead atoms. The fourth-order valence-corrected chi connectivity index (χ4v) is 2.27. The molecule has 1 unspecified atom stereocenters. The average Bonchev–Trinajstić information content (AvgIpc) is 2.33. The summed E-state index contributed by atoms with van der Waals surface area (Å²) in [5, 5.41) is 13.3. The van der Waals surface area contributed by atoms with Crippen molar-refractivity contribution >= 4 is 11.6 Å². The van der Waals surface area contributed by atoms with Crippen LogP contribution in [0.25, 0.3) is 0 Å². The van der Waals surface area contributed by atoms with Crippen LogP contribution in [0.5, 0.6) is 5.75 Å². The second-order valence-corrected chi connectivity index (χ2v) is 4.56. The molecule has 0 aliphatic heterocycles. The van der Waals surface area contributed by atoms with Gasteiger partial charge in [-0.1, -0.05) is 11.6 Å². The van der Waals surface area contributed by atoms with Crippen LogP contribution >= 0.6 is 11.6 Å². The molecule has 0 saturated heterocycles. The Morgan fingerprint density at radius 3 is 2.59 bits per heavy atom. The predicted octanol–water partition coefficient (Wildman–Crippen LogP) is 2.26. The zero-order valence-corrected chi connectivity index (χ0v) is 11.6. The molecule has 0 saturated carbocycles. The van der Waals surface area contributed by atoms with Gasteiger partial charge in [-0.25, -0.2) is 0 Å². The van der Waals surface area contributed by atoms with Crippen molar-refractivity contribution in [1.82, 2.24) is 5.32 Å². The van der Waals surface area contributed by atoms with Crippen LogP contribution in [0, 0.1) is 13.8 Å². The molecular weight excluding hydrogens is 238 g/mol. The van der Waals surface area contributed by atoms with Gasteiger partial charge in [-0.15, -0.1) is 0 Å². The number of benzene rings is 1. The number of ether oxygens (including phenoxy) is 1. The van der Waals surface area contributed by atoms with E-state index >= 15 is 0 Å². The van der Waals surface area contributed by atoms with Gasteiger partial charge in [0, 0.05) is 23.0 Å². The van der Waals surface area contributed by atoms with Crippen LogP contribution in [0.3, 0.4) is 0 Å². The number of hydrogen-bond donors (Lipinski definition) is 2. The number of rotatable bonds is 5. The molecule has 0 aliphatic rings. The van der Waals surface area contributed by atoms with E-state index in [1.165, 1.54) is 0 Å². The summed E-state index contributed by atoms with van der Waals surface area (Å²) < 4.78 is 5.39. The molecule has 4 heteroatoms. The normalized spacial score (nSPS) is 12.6. The summed E-state index contributed by atoms with van der Waals surface area (Å²) in [6, 6.07) is 1.92. The zero-order valence-electron chi connectivity index (χ0n) is 10.8. The highest BCUT2D eigenvalue weighted by Crippen LogP contribution is 2.36.